The number of ketones is 1. The number of carbonyl (C=O) groups excluding carboxylic acids is 3. The average molecular weight is 294 g/mol. The molecule has 3 rings (SSSR count). The predicted octanol–water partition coefficient (Wildman–Crippen LogP) is 2.64. The van der Waals surface area contributed by atoms with Crippen LogP contribution in [0.15, 0.2) is 42.5 Å². The van der Waals surface area contributed by atoms with Gasteiger partial charge in [0.05, 0.1) is 12.1 Å². The average Bonchev–Trinajstić information content (AvgIpc) is 2.86. The molecular weight excluding hydrogens is 280 g/mol. The van der Waals surface area contributed by atoms with E-state index >= 15 is 0 Å². The van der Waals surface area contributed by atoms with Gasteiger partial charge in [0.1, 0.15) is 0 Å². The van der Waals surface area contributed by atoms with E-state index in [0.29, 0.717) is 16.8 Å². The number of anilines is 2. The molecule has 5 nitrogen and oxygen atoms in total. The molecule has 22 heavy (non-hydrogen) atoms. The highest BCUT2D eigenvalue weighted by molar-refractivity contribution is 6.10. The van der Waals surface area contributed by atoms with E-state index in [1.54, 1.807) is 42.5 Å². The molecule has 1 aliphatic heterocycles. The fourth-order valence-corrected chi connectivity index (χ4v) is 2.46. The van der Waals surface area contributed by atoms with Crippen LogP contribution in [0.1, 0.15) is 33.2 Å². The van der Waals surface area contributed by atoms with Gasteiger partial charge in [-0.3, -0.25) is 14.4 Å². The van der Waals surface area contributed by atoms with Crippen LogP contribution in [0.2, 0.25) is 0 Å². The summed E-state index contributed by atoms with van der Waals surface area (Å²) in [5, 5.41) is 5.47. The summed E-state index contributed by atoms with van der Waals surface area (Å²) in [6, 6.07) is 11.9. The zero-order valence-corrected chi connectivity index (χ0v) is 12.0. The quantitative estimate of drug-likeness (QED) is 0.854. The van der Waals surface area contributed by atoms with E-state index in [4.69, 9.17) is 0 Å². The summed E-state index contributed by atoms with van der Waals surface area (Å²) >= 11 is 0. The number of benzene rings is 2. The van der Waals surface area contributed by atoms with Gasteiger partial charge in [-0.25, -0.2) is 0 Å². The van der Waals surface area contributed by atoms with Crippen LogP contribution < -0.4 is 10.6 Å². The molecule has 0 saturated heterocycles. The van der Waals surface area contributed by atoms with Gasteiger partial charge in [-0.1, -0.05) is 12.1 Å². The first-order valence-electron chi connectivity index (χ1n) is 6.88. The summed E-state index contributed by atoms with van der Waals surface area (Å²) in [4.78, 5) is 35.3. The highest BCUT2D eigenvalue weighted by Gasteiger charge is 2.19. The highest BCUT2D eigenvalue weighted by atomic mass is 16.2. The second kappa shape index (κ2) is 5.44. The summed E-state index contributed by atoms with van der Waals surface area (Å²) in [6.07, 6.45) is 0.278. The van der Waals surface area contributed by atoms with Crippen molar-refractivity contribution in [2.75, 3.05) is 10.6 Å². The Bertz CT molecular complexity index is 796. The number of hydrogen-bond acceptors (Lipinski definition) is 3. The number of hydrogen-bond donors (Lipinski definition) is 2. The van der Waals surface area contributed by atoms with Crippen molar-refractivity contribution in [3.05, 3.63) is 59.2 Å². The Hall–Kier alpha value is -2.95. The molecule has 0 bridgehead atoms. The number of Topliss-reactive ketones (excluding diaryl/α,β-unsaturated/α-hetero) is 1. The molecule has 2 aromatic rings. The molecule has 2 N–H and O–H groups in total. The van der Waals surface area contributed by atoms with E-state index in [2.05, 4.69) is 10.6 Å². The van der Waals surface area contributed by atoms with E-state index < -0.39 is 0 Å². The molecular formula is C17H14N2O3. The molecule has 0 radical (unpaired) electrons. The van der Waals surface area contributed by atoms with Crippen LogP contribution in [0.3, 0.4) is 0 Å². The van der Waals surface area contributed by atoms with Gasteiger partial charge in [0.15, 0.2) is 5.78 Å². The Balaban J connectivity index is 1.86. The van der Waals surface area contributed by atoms with Crippen molar-refractivity contribution in [3.8, 4) is 0 Å². The Labute approximate surface area is 127 Å². The maximum Gasteiger partial charge on any atom is 0.255 e. The van der Waals surface area contributed by atoms with E-state index in [0.717, 1.165) is 11.3 Å². The summed E-state index contributed by atoms with van der Waals surface area (Å²) in [5.41, 5.74) is 2.94. The Morgan fingerprint density at radius 2 is 1.91 bits per heavy atom. The van der Waals surface area contributed by atoms with Crippen molar-refractivity contribution >= 4 is 29.0 Å². The largest absolute Gasteiger partial charge is 0.326 e. The van der Waals surface area contributed by atoms with Gasteiger partial charge in [0, 0.05) is 16.8 Å². The molecule has 110 valence electrons. The fourth-order valence-electron chi connectivity index (χ4n) is 2.46. The van der Waals surface area contributed by atoms with Gasteiger partial charge >= 0.3 is 0 Å². The third-order valence-corrected chi connectivity index (χ3v) is 3.55. The van der Waals surface area contributed by atoms with Crippen LogP contribution in [0.5, 0.6) is 0 Å². The third-order valence-electron chi connectivity index (χ3n) is 3.55. The lowest BCUT2D eigenvalue weighted by Gasteiger charge is -2.09. The van der Waals surface area contributed by atoms with Crippen LogP contribution in [0, 0.1) is 0 Å². The third kappa shape index (κ3) is 2.61. The first-order chi connectivity index (χ1) is 10.5. The number of carbonyl (C=O) groups is 3. The maximum atomic E-state index is 12.3. The Morgan fingerprint density at radius 3 is 2.68 bits per heavy atom. The maximum absolute atomic E-state index is 12.3. The Kier molecular flexibility index (Phi) is 3.47. The molecule has 0 atom stereocenters. The zero-order valence-electron chi connectivity index (χ0n) is 12.0. The zero-order chi connectivity index (χ0) is 15.7. The molecule has 0 unspecified atom stereocenters. The lowest BCUT2D eigenvalue weighted by Crippen LogP contribution is -2.14. The first-order valence-corrected chi connectivity index (χ1v) is 6.88. The number of para-hydroxylation sites is 1. The molecule has 0 aromatic heterocycles. The van der Waals surface area contributed by atoms with Gasteiger partial charge < -0.3 is 10.6 Å². The summed E-state index contributed by atoms with van der Waals surface area (Å²) in [5.74, 6) is -0.495. The van der Waals surface area contributed by atoms with Crippen molar-refractivity contribution in [3.63, 3.8) is 0 Å². The van der Waals surface area contributed by atoms with Crippen LogP contribution in [0.25, 0.3) is 0 Å². The van der Waals surface area contributed by atoms with Gasteiger partial charge in [-0.2, -0.15) is 0 Å². The number of rotatable bonds is 3. The van der Waals surface area contributed by atoms with Crippen molar-refractivity contribution in [1.29, 1.82) is 0 Å². The van der Waals surface area contributed by atoms with Crippen molar-refractivity contribution in [1.82, 2.24) is 0 Å². The number of nitrogens with one attached hydrogen (secondary N) is 2. The molecule has 0 saturated carbocycles. The van der Waals surface area contributed by atoms with Crippen molar-refractivity contribution in [2.45, 2.75) is 13.3 Å². The second-order valence-electron chi connectivity index (χ2n) is 5.15. The lowest BCUT2D eigenvalue weighted by atomic mass is 10.1. The Morgan fingerprint density at radius 1 is 1.14 bits per heavy atom. The number of amides is 2. The molecule has 0 fully saturated rings. The minimum atomic E-state index is -0.309. The molecule has 2 amide bonds. The lowest BCUT2D eigenvalue weighted by molar-refractivity contribution is -0.115. The molecule has 0 spiro atoms. The standard InChI is InChI=1S/C17H14N2O3/c1-10(20)13-4-2-3-5-15(13)19-17(22)11-6-7-14-12(8-11)9-16(21)18-14/h2-8H,9H2,1H3,(H,18,21)(H,19,22). The van der Waals surface area contributed by atoms with Gasteiger partial charge in [-0.05, 0) is 42.8 Å². The van der Waals surface area contributed by atoms with Crippen LogP contribution in [-0.2, 0) is 11.2 Å². The van der Waals surface area contributed by atoms with Gasteiger partial charge in [0.2, 0.25) is 5.91 Å². The highest BCUT2D eigenvalue weighted by Crippen LogP contribution is 2.24. The fraction of sp³-hybridized carbons (Fsp3) is 0.118. The predicted molar refractivity (Wildman–Crippen MR) is 83.2 cm³/mol. The van der Waals surface area contributed by atoms with Crippen molar-refractivity contribution < 1.29 is 14.4 Å². The van der Waals surface area contributed by atoms with Gasteiger partial charge in [0.25, 0.3) is 5.91 Å². The van der Waals surface area contributed by atoms with E-state index in [-0.39, 0.29) is 24.0 Å². The first kappa shape index (κ1) is 14.0. The van der Waals surface area contributed by atoms with Gasteiger partial charge in [-0.15, -0.1) is 0 Å². The molecule has 1 aliphatic rings. The number of fused-ring (bicyclic) bond motifs is 1. The van der Waals surface area contributed by atoms with Crippen LogP contribution in [0.4, 0.5) is 11.4 Å². The summed E-state index contributed by atoms with van der Waals surface area (Å²) in [6.45, 7) is 1.46. The molecule has 0 aliphatic carbocycles. The van der Waals surface area contributed by atoms with Crippen molar-refractivity contribution in [2.24, 2.45) is 0 Å². The smallest absolute Gasteiger partial charge is 0.255 e. The van der Waals surface area contributed by atoms with E-state index in [1.807, 2.05) is 0 Å². The minimum Gasteiger partial charge on any atom is -0.326 e. The topological polar surface area (TPSA) is 75.3 Å². The van der Waals surface area contributed by atoms with E-state index in [1.165, 1.54) is 6.92 Å². The molecule has 5 heteroatoms. The monoisotopic (exact) mass is 294 g/mol. The van der Waals surface area contributed by atoms with E-state index in [9.17, 15) is 14.4 Å². The van der Waals surface area contributed by atoms with Crippen LogP contribution >= 0.6 is 0 Å². The summed E-state index contributed by atoms with van der Waals surface area (Å²) in [7, 11) is 0. The molecule has 1 heterocycles. The van der Waals surface area contributed by atoms with Crippen LogP contribution in [-0.4, -0.2) is 17.6 Å². The summed E-state index contributed by atoms with van der Waals surface area (Å²) < 4.78 is 0. The minimum absolute atomic E-state index is 0.0746. The normalized spacial score (nSPS) is 12.5. The SMILES string of the molecule is CC(=O)c1ccccc1NC(=O)c1ccc2c(c1)CC(=O)N2. The molecule has 2 aromatic carbocycles. The second-order valence-corrected chi connectivity index (χ2v) is 5.15.